The van der Waals surface area contributed by atoms with Crippen LogP contribution in [0.3, 0.4) is 0 Å². The van der Waals surface area contributed by atoms with Crippen molar-refractivity contribution in [3.05, 3.63) is 250 Å². The van der Waals surface area contributed by atoms with E-state index >= 15 is 0 Å². The molecule has 10 aromatic rings. The highest BCUT2D eigenvalue weighted by Crippen LogP contribution is 2.65. The molecule has 312 valence electrons. The predicted molar refractivity (Wildman–Crippen MR) is 276 cm³/mol. The molecule has 0 N–H and O–H groups in total. The van der Waals surface area contributed by atoms with Crippen molar-refractivity contribution in [3.63, 3.8) is 0 Å². The molecule has 0 amide bonds. The molecule has 2 nitrogen and oxygen atoms in total. The molecule has 10 aromatic carbocycles. The third kappa shape index (κ3) is 5.87. The van der Waals surface area contributed by atoms with Gasteiger partial charge in [0.05, 0.1) is 11.1 Å². The maximum absolute atomic E-state index is 2.56. The van der Waals surface area contributed by atoms with Gasteiger partial charge in [0.1, 0.15) is 0 Å². The number of benzene rings is 10. The van der Waals surface area contributed by atoms with Gasteiger partial charge in [0.15, 0.2) is 0 Å². The number of rotatable bonds is 6. The second kappa shape index (κ2) is 14.7. The highest BCUT2D eigenvalue weighted by Gasteiger charge is 2.52. The molecule has 0 saturated carbocycles. The standard InChI is InChI=1S/C63H50N2/c1-39-21-28-47(29-22-39)64(59-33-41(3)19-25-43(59)5)49-32-27-45-36-54-57(37-46(45)35-49)63(55-17-11-9-13-50(55)51-14-10-12-18-56(51)63)58-38-61(52-15-7-8-16-53(52)62(54)58)65(48-30-23-40(2)24-31-48)60-34-42(4)20-26-44(60)6/h7-38H,1-6H3. The van der Waals surface area contributed by atoms with E-state index in [1.54, 1.807) is 0 Å². The Labute approximate surface area is 382 Å². The molecule has 0 aromatic heterocycles. The van der Waals surface area contributed by atoms with Gasteiger partial charge < -0.3 is 9.80 Å². The molecule has 0 aliphatic heterocycles. The molecule has 2 aliphatic carbocycles. The van der Waals surface area contributed by atoms with Crippen LogP contribution in [0.5, 0.6) is 0 Å². The van der Waals surface area contributed by atoms with Gasteiger partial charge in [0.25, 0.3) is 0 Å². The number of nitrogens with zero attached hydrogens (tertiary/aromatic N) is 2. The van der Waals surface area contributed by atoms with Crippen molar-refractivity contribution in [1.29, 1.82) is 0 Å². The lowest BCUT2D eigenvalue weighted by Gasteiger charge is -2.33. The van der Waals surface area contributed by atoms with Gasteiger partial charge in [-0.1, -0.05) is 139 Å². The van der Waals surface area contributed by atoms with Gasteiger partial charge >= 0.3 is 0 Å². The van der Waals surface area contributed by atoms with Gasteiger partial charge in [0, 0.05) is 33.8 Å². The van der Waals surface area contributed by atoms with Crippen LogP contribution >= 0.6 is 0 Å². The first kappa shape index (κ1) is 39.0. The smallest absolute Gasteiger partial charge is 0.0726 e. The minimum Gasteiger partial charge on any atom is -0.310 e. The zero-order valence-corrected chi connectivity index (χ0v) is 37.9. The summed E-state index contributed by atoms with van der Waals surface area (Å²) in [5, 5.41) is 4.94. The van der Waals surface area contributed by atoms with Gasteiger partial charge in [0.2, 0.25) is 0 Å². The lowest BCUT2D eigenvalue weighted by molar-refractivity contribution is 0.795. The van der Waals surface area contributed by atoms with Crippen LogP contribution in [0.25, 0.3) is 43.8 Å². The Morgan fingerprint density at radius 2 is 0.815 bits per heavy atom. The Hall–Kier alpha value is -7.68. The summed E-state index contributed by atoms with van der Waals surface area (Å²) in [7, 11) is 0. The fourth-order valence-electron chi connectivity index (χ4n) is 11.2. The summed E-state index contributed by atoms with van der Waals surface area (Å²) in [4.78, 5) is 4.95. The van der Waals surface area contributed by atoms with Crippen LogP contribution in [-0.2, 0) is 5.41 Å². The highest BCUT2D eigenvalue weighted by molar-refractivity contribution is 6.13. The average Bonchev–Trinajstić information content (AvgIpc) is 3.78. The van der Waals surface area contributed by atoms with E-state index in [0.29, 0.717) is 0 Å². The molecule has 0 unspecified atom stereocenters. The molecule has 65 heavy (non-hydrogen) atoms. The highest BCUT2D eigenvalue weighted by atomic mass is 15.2. The molecule has 0 atom stereocenters. The van der Waals surface area contributed by atoms with Crippen LogP contribution < -0.4 is 9.80 Å². The maximum atomic E-state index is 2.56. The molecule has 0 saturated heterocycles. The molecular weight excluding hydrogens is 785 g/mol. The van der Waals surface area contributed by atoms with E-state index in [9.17, 15) is 0 Å². The lowest BCUT2D eigenvalue weighted by atomic mass is 9.70. The second-order valence-electron chi connectivity index (χ2n) is 18.6. The third-order valence-electron chi connectivity index (χ3n) is 14.3. The van der Waals surface area contributed by atoms with E-state index in [4.69, 9.17) is 0 Å². The predicted octanol–water partition coefficient (Wildman–Crippen LogP) is 17.1. The molecule has 0 radical (unpaired) electrons. The van der Waals surface area contributed by atoms with E-state index in [-0.39, 0.29) is 0 Å². The molecule has 2 heteroatoms. The summed E-state index contributed by atoms with van der Waals surface area (Å²) in [5.74, 6) is 0. The summed E-state index contributed by atoms with van der Waals surface area (Å²) < 4.78 is 0. The number of hydrogen-bond acceptors (Lipinski definition) is 2. The lowest BCUT2D eigenvalue weighted by Crippen LogP contribution is -2.26. The number of anilines is 6. The first-order chi connectivity index (χ1) is 31.7. The summed E-state index contributed by atoms with van der Waals surface area (Å²) in [6.07, 6.45) is 0. The average molecular weight is 835 g/mol. The molecular formula is C63H50N2. The van der Waals surface area contributed by atoms with Crippen molar-refractivity contribution in [3.8, 4) is 22.3 Å². The van der Waals surface area contributed by atoms with Crippen molar-refractivity contribution in [1.82, 2.24) is 0 Å². The van der Waals surface area contributed by atoms with E-state index < -0.39 is 5.41 Å². The zero-order chi connectivity index (χ0) is 44.1. The van der Waals surface area contributed by atoms with Crippen molar-refractivity contribution in [2.45, 2.75) is 47.0 Å². The van der Waals surface area contributed by atoms with Crippen LogP contribution in [0.4, 0.5) is 34.1 Å². The fourth-order valence-corrected chi connectivity index (χ4v) is 11.2. The Morgan fingerprint density at radius 3 is 1.43 bits per heavy atom. The first-order valence-corrected chi connectivity index (χ1v) is 22.9. The molecule has 0 fully saturated rings. The number of fused-ring (bicyclic) bond motifs is 13. The van der Waals surface area contributed by atoms with Gasteiger partial charge in [-0.15, -0.1) is 0 Å². The van der Waals surface area contributed by atoms with E-state index in [1.165, 1.54) is 116 Å². The molecule has 1 spiro atoms. The third-order valence-corrected chi connectivity index (χ3v) is 14.3. The minimum absolute atomic E-state index is 0.564. The van der Waals surface area contributed by atoms with E-state index in [1.807, 2.05) is 0 Å². The Kier molecular flexibility index (Phi) is 8.80. The molecule has 2 aliphatic rings. The minimum atomic E-state index is -0.564. The number of hydrogen-bond donors (Lipinski definition) is 0. The Balaban J connectivity index is 1.18. The van der Waals surface area contributed by atoms with Gasteiger partial charge in [-0.2, -0.15) is 0 Å². The molecule has 0 bridgehead atoms. The van der Waals surface area contributed by atoms with Crippen LogP contribution in [0.15, 0.2) is 194 Å². The summed E-state index contributed by atoms with van der Waals surface area (Å²) in [5.41, 5.74) is 24.4. The van der Waals surface area contributed by atoms with Crippen LogP contribution in [0, 0.1) is 41.5 Å². The van der Waals surface area contributed by atoms with Gasteiger partial charge in [-0.3, -0.25) is 0 Å². The zero-order valence-electron chi connectivity index (χ0n) is 37.9. The SMILES string of the molecule is Cc1ccc(N(c2ccc3cc4c(cc3c2)C2(c3ccccc3-c3ccccc32)c2cc(N(c3ccc(C)cc3)c3cc(C)ccc3C)c3ccccc3c2-4)c2cc(C)ccc2C)cc1. The molecule has 12 rings (SSSR count). The summed E-state index contributed by atoms with van der Waals surface area (Å²) >= 11 is 0. The normalized spacial score (nSPS) is 12.9. The van der Waals surface area contributed by atoms with Gasteiger partial charge in [-0.25, -0.2) is 0 Å². The second-order valence-corrected chi connectivity index (χ2v) is 18.6. The van der Waals surface area contributed by atoms with Crippen molar-refractivity contribution < 1.29 is 0 Å². The van der Waals surface area contributed by atoms with E-state index in [0.717, 1.165) is 17.1 Å². The topological polar surface area (TPSA) is 6.48 Å². The largest absolute Gasteiger partial charge is 0.310 e. The van der Waals surface area contributed by atoms with Crippen molar-refractivity contribution >= 4 is 55.7 Å². The van der Waals surface area contributed by atoms with Crippen molar-refractivity contribution in [2.24, 2.45) is 0 Å². The quantitative estimate of drug-likeness (QED) is 0.165. The first-order valence-electron chi connectivity index (χ1n) is 22.9. The summed E-state index contributed by atoms with van der Waals surface area (Å²) in [6.45, 7) is 13.2. The molecule has 0 heterocycles. The van der Waals surface area contributed by atoms with Crippen LogP contribution in [0.2, 0.25) is 0 Å². The monoisotopic (exact) mass is 834 g/mol. The van der Waals surface area contributed by atoms with E-state index in [2.05, 4.69) is 245 Å². The maximum Gasteiger partial charge on any atom is 0.0726 e. The van der Waals surface area contributed by atoms with Crippen molar-refractivity contribution in [2.75, 3.05) is 9.80 Å². The van der Waals surface area contributed by atoms with Crippen LogP contribution in [-0.4, -0.2) is 0 Å². The Morgan fingerprint density at radius 1 is 0.308 bits per heavy atom. The Bertz CT molecular complexity index is 3510. The van der Waals surface area contributed by atoms with Crippen LogP contribution in [0.1, 0.15) is 55.6 Å². The summed E-state index contributed by atoms with van der Waals surface area (Å²) in [6, 6.07) is 73.8. The number of aryl methyl sites for hydroxylation is 6. The van der Waals surface area contributed by atoms with Gasteiger partial charge in [-0.05, 0) is 191 Å². The fraction of sp³-hybridized carbons (Fsp3) is 0.111.